The van der Waals surface area contributed by atoms with Crippen molar-refractivity contribution in [3.05, 3.63) is 148 Å². The number of nitrogens with two attached hydrogens (primary N) is 1. The monoisotopic (exact) mass is 1310 g/mol. The summed E-state index contributed by atoms with van der Waals surface area (Å²) in [4.78, 5) is 105. The zero-order valence-electron chi connectivity index (χ0n) is 49.1. The summed E-state index contributed by atoms with van der Waals surface area (Å²) in [5, 5.41) is 106. The van der Waals surface area contributed by atoms with Crippen LogP contribution in [-0.4, -0.2) is 148 Å². The number of phenolic OH excluding ortho intramolecular Hbond substituents is 5. The molecule has 484 valence electrons. The molecule has 6 aromatic carbocycles. The largest absolute Gasteiger partial charge is 0.508 e. The van der Waals surface area contributed by atoms with E-state index in [1.54, 1.807) is 0 Å². The van der Waals surface area contributed by atoms with Gasteiger partial charge in [-0.15, -0.1) is 0 Å². The molecule has 27 nitrogen and oxygen atoms in total. The highest BCUT2D eigenvalue weighted by Crippen LogP contribution is 2.48. The van der Waals surface area contributed by atoms with Gasteiger partial charge in [0.05, 0.1) is 23.1 Å². The van der Waals surface area contributed by atoms with Gasteiger partial charge in [-0.25, -0.2) is 0 Å². The molecule has 14 atom stereocenters. The van der Waals surface area contributed by atoms with Crippen molar-refractivity contribution in [1.29, 1.82) is 0 Å². The molecule has 29 heteroatoms. The van der Waals surface area contributed by atoms with Gasteiger partial charge in [-0.1, -0.05) is 48.0 Å². The van der Waals surface area contributed by atoms with Gasteiger partial charge in [0, 0.05) is 58.9 Å². The number of carboxylic acid groups (broad SMARTS) is 1. The minimum atomic E-state index is -2.10. The average molecular weight is 1310 g/mol. The number of halogens is 1. The highest BCUT2D eigenvalue weighted by Gasteiger charge is 2.44. The SMILES string of the molecule is CNC(C(=O)NC1C(=O)NC(CCS(C)=O)C(=O)NC2C(=O)NC3C(=O)NC(C(=O)CC(C(=O)O)c4cc(O)cc(O)c4-c4cc3ccc4O)C(OC3CC(N)C(O)C(C)O3)c3ccc(c(Cl)c3)Oc3cc2cc(c3O)Oc2ccc(cc2)C1O)c1ccc(O)cc1. The number of aliphatic carboxylic acids is 1. The summed E-state index contributed by atoms with van der Waals surface area (Å²) < 4.78 is 38.0. The van der Waals surface area contributed by atoms with Gasteiger partial charge in [-0.2, -0.15) is 0 Å². The van der Waals surface area contributed by atoms with Gasteiger partial charge in [-0.05, 0) is 121 Å². The first-order valence-corrected chi connectivity index (χ1v) is 30.8. The number of rotatable bonds is 10. The van der Waals surface area contributed by atoms with E-state index in [0.717, 1.165) is 42.5 Å². The smallest absolute Gasteiger partial charge is 0.311 e. The fourth-order valence-corrected chi connectivity index (χ4v) is 12.2. The Kier molecular flexibility index (Phi) is 19.4. The Morgan fingerprint density at radius 2 is 1.39 bits per heavy atom. The predicted molar refractivity (Wildman–Crippen MR) is 326 cm³/mol. The molecule has 0 aromatic heterocycles. The van der Waals surface area contributed by atoms with Crippen molar-refractivity contribution in [2.24, 2.45) is 5.73 Å². The quantitative estimate of drug-likeness (QED) is 0.0934. The van der Waals surface area contributed by atoms with Crippen LogP contribution in [0.15, 0.2) is 109 Å². The van der Waals surface area contributed by atoms with E-state index >= 15 is 19.2 Å². The van der Waals surface area contributed by atoms with E-state index < -0.39 is 189 Å². The van der Waals surface area contributed by atoms with Gasteiger partial charge in [0.25, 0.3) is 0 Å². The number of ether oxygens (including phenoxy) is 4. The molecule has 6 aliphatic rings. The summed E-state index contributed by atoms with van der Waals surface area (Å²) in [5.74, 6) is -14.8. The van der Waals surface area contributed by atoms with Gasteiger partial charge < -0.3 is 97.4 Å². The van der Waals surface area contributed by atoms with Crippen molar-refractivity contribution < 1.29 is 97.6 Å². The summed E-state index contributed by atoms with van der Waals surface area (Å²) in [6.07, 6.45) is -7.51. The van der Waals surface area contributed by atoms with E-state index in [1.807, 2.05) is 0 Å². The third-order valence-electron chi connectivity index (χ3n) is 16.3. The standard InChI is InChI=1S/C63H64ClN7O20S/c1-26-54(77)39(65)25-47(88-26)91-57-30-9-15-44(38(64)19-30)90-46-21-31-20-45(56(46)79)89-34-12-6-28(7-13-34)55(78)53(71-59(81)49(66-2)27-4-10-32(72)11-5-27)62(84)67-40(16-17-92(3)87)58(80)68-51(31)61(83)69-50-29-8-14-41(74)37(18-29)48-35(22-33(73)23-42(48)75)36(63(85)86)24-43(76)52(57)70-60(50)82/h4-15,18-23,26,36,39-40,47,49-55,57,66,72-75,77-79H,16-17,24-25,65H2,1-3H3,(H,67,84)(H,68,80)(H,69,83)(H,70,82)(H,71,81)(H,85,86). The number of benzene rings is 6. The van der Waals surface area contributed by atoms with Gasteiger partial charge in [-0.3, -0.25) is 37.8 Å². The molecule has 6 aliphatic heterocycles. The van der Waals surface area contributed by atoms with Crippen molar-refractivity contribution in [2.75, 3.05) is 19.1 Å². The molecule has 0 radical (unpaired) electrons. The minimum absolute atomic E-state index is 0.00352. The number of carboxylic acids is 1. The lowest BCUT2D eigenvalue weighted by Gasteiger charge is -2.39. The second kappa shape index (κ2) is 27.2. The van der Waals surface area contributed by atoms with Crippen molar-refractivity contribution >= 4 is 63.7 Å². The highest BCUT2D eigenvalue weighted by molar-refractivity contribution is 7.84. The van der Waals surface area contributed by atoms with E-state index in [4.69, 9.17) is 36.3 Å². The molecule has 6 aromatic rings. The number of likely N-dealkylation sites (N-methyl/N-ethyl adjacent to an activating group) is 1. The van der Waals surface area contributed by atoms with E-state index in [1.165, 1.54) is 87.0 Å². The molecule has 5 amide bonds. The lowest BCUT2D eigenvalue weighted by atomic mass is 9.83. The van der Waals surface area contributed by atoms with Crippen molar-refractivity contribution in [3.63, 3.8) is 0 Å². The second-order valence-corrected chi connectivity index (χ2v) is 24.5. The third-order valence-corrected chi connectivity index (χ3v) is 17.4. The van der Waals surface area contributed by atoms with E-state index in [9.17, 15) is 59.4 Å². The Labute approximate surface area is 531 Å². The number of phenols is 5. The molecular formula is C63H64ClN7O20S. The molecule has 14 unspecified atom stereocenters. The molecule has 0 saturated carbocycles. The van der Waals surface area contributed by atoms with E-state index in [0.29, 0.717) is 5.56 Å². The summed E-state index contributed by atoms with van der Waals surface area (Å²) in [7, 11) is -0.214. The summed E-state index contributed by atoms with van der Waals surface area (Å²) in [6.45, 7) is 1.50. The van der Waals surface area contributed by atoms with Crippen LogP contribution in [-0.2, 0) is 53.8 Å². The first-order chi connectivity index (χ1) is 43.8. The van der Waals surface area contributed by atoms with Crippen molar-refractivity contribution in [3.8, 4) is 62.9 Å². The molecule has 16 N–H and O–H groups in total. The molecule has 0 aliphatic carbocycles. The predicted octanol–water partition coefficient (Wildman–Crippen LogP) is 3.40. The zero-order valence-corrected chi connectivity index (χ0v) is 50.6. The zero-order chi connectivity index (χ0) is 66.1. The lowest BCUT2D eigenvalue weighted by Crippen LogP contribution is -2.58. The highest BCUT2D eigenvalue weighted by atomic mass is 35.5. The average Bonchev–Trinajstić information content (AvgIpc) is 0.790. The molecule has 0 spiro atoms. The van der Waals surface area contributed by atoms with Crippen LogP contribution in [0.1, 0.15) is 95.8 Å². The topological polar surface area (TPSA) is 434 Å². The van der Waals surface area contributed by atoms with Crippen LogP contribution in [0, 0.1) is 0 Å². The summed E-state index contributed by atoms with van der Waals surface area (Å²) in [6, 6.07) is 10.2. The number of carbonyl (C=O) groups excluding carboxylic acids is 6. The van der Waals surface area contributed by atoms with E-state index in [2.05, 4.69) is 31.9 Å². The molecule has 1 saturated heterocycles. The summed E-state index contributed by atoms with van der Waals surface area (Å²) in [5.41, 5.74) is 5.01. The normalized spacial score (nSPS) is 25.7. The van der Waals surface area contributed by atoms with Gasteiger partial charge >= 0.3 is 5.97 Å². The molecule has 92 heavy (non-hydrogen) atoms. The van der Waals surface area contributed by atoms with Crippen LogP contribution in [0.25, 0.3) is 11.1 Å². The number of aromatic hydroxyl groups is 5. The fourth-order valence-electron chi connectivity index (χ4n) is 11.4. The van der Waals surface area contributed by atoms with Crippen molar-refractivity contribution in [1.82, 2.24) is 31.9 Å². The van der Waals surface area contributed by atoms with Crippen LogP contribution in [0.4, 0.5) is 0 Å². The number of hydrogen-bond donors (Lipinski definition) is 15. The minimum Gasteiger partial charge on any atom is -0.508 e. The lowest BCUT2D eigenvalue weighted by molar-refractivity contribution is -0.243. The first kappa shape index (κ1) is 65.6. The summed E-state index contributed by atoms with van der Waals surface area (Å²) >= 11 is 7.06. The van der Waals surface area contributed by atoms with Crippen LogP contribution in [0.5, 0.6) is 51.7 Å². The molecule has 11 bridgehead atoms. The maximum atomic E-state index is 15.8. The van der Waals surface area contributed by atoms with Crippen LogP contribution >= 0.6 is 11.6 Å². The molecular weight excluding hydrogens is 1240 g/mol. The third kappa shape index (κ3) is 13.9. The van der Waals surface area contributed by atoms with Gasteiger partial charge in [0.1, 0.15) is 83.0 Å². The Morgan fingerprint density at radius 1 is 0.739 bits per heavy atom. The number of amides is 5. The first-order valence-electron chi connectivity index (χ1n) is 28.7. The van der Waals surface area contributed by atoms with Gasteiger partial charge in [0.2, 0.25) is 35.3 Å². The molecule has 12 rings (SSSR count). The molecule has 6 heterocycles. The number of aliphatic hydroxyl groups excluding tert-OH is 2. The number of carbonyl (C=O) groups is 7. The number of ketones is 1. The Morgan fingerprint density at radius 3 is 2.05 bits per heavy atom. The Bertz CT molecular complexity index is 3910. The maximum Gasteiger partial charge on any atom is 0.311 e. The Balaban J connectivity index is 1.17. The number of Topliss-reactive ketones (excluding diaryl/α,β-unsaturated/α-hetero) is 1. The second-order valence-electron chi connectivity index (χ2n) is 22.6. The van der Waals surface area contributed by atoms with Gasteiger partial charge in [0.15, 0.2) is 23.6 Å². The fraction of sp³-hybridized carbons (Fsp3) is 0.317. The number of hydrogen-bond acceptors (Lipinski definition) is 21. The van der Waals surface area contributed by atoms with Crippen LogP contribution < -0.4 is 47.1 Å². The Hall–Kier alpha value is -9.39. The van der Waals surface area contributed by atoms with Crippen molar-refractivity contribution in [2.45, 2.75) is 105 Å². The number of fused-ring (bicyclic) bond motifs is 15. The van der Waals surface area contributed by atoms with Crippen LogP contribution in [0.2, 0.25) is 5.02 Å². The number of aliphatic hydroxyl groups is 2. The molecule has 1 fully saturated rings. The van der Waals surface area contributed by atoms with E-state index in [-0.39, 0.29) is 62.3 Å². The number of nitrogens with one attached hydrogen (secondary N) is 6. The van der Waals surface area contributed by atoms with Crippen LogP contribution in [0.3, 0.4) is 0 Å². The maximum absolute atomic E-state index is 15.8.